The number of carbonyl (C=O) groups is 1. The molecule has 134 valence electrons. The lowest BCUT2D eigenvalue weighted by atomic mass is 10.2. The molecule has 0 saturated heterocycles. The minimum absolute atomic E-state index is 0.103. The molecule has 0 bridgehead atoms. The molecular weight excluding hydrogens is 357 g/mol. The number of hydrogen-bond acceptors (Lipinski definition) is 5. The molecule has 0 amide bonds. The molecule has 0 saturated carbocycles. The van der Waals surface area contributed by atoms with E-state index in [1.165, 1.54) is 13.8 Å². The van der Waals surface area contributed by atoms with Gasteiger partial charge in [-0.15, -0.1) is 0 Å². The van der Waals surface area contributed by atoms with Crippen molar-refractivity contribution < 1.29 is 36.4 Å². The summed E-state index contributed by atoms with van der Waals surface area (Å²) in [5, 5.41) is 19.4. The van der Waals surface area contributed by atoms with Gasteiger partial charge in [0.2, 0.25) is 10.0 Å². The third kappa shape index (κ3) is 4.20. The number of non-ortho nitro benzene ring substituents is 1. The average molecular weight is 370 g/mol. The second kappa shape index (κ2) is 6.73. The van der Waals surface area contributed by atoms with Crippen molar-refractivity contribution in [2.75, 3.05) is 6.54 Å². The molecule has 0 aromatic heterocycles. The fourth-order valence-electron chi connectivity index (χ4n) is 1.88. The summed E-state index contributed by atoms with van der Waals surface area (Å²) in [6, 6.07) is 0.225. The molecule has 8 nitrogen and oxygen atoms in total. The largest absolute Gasteiger partial charge is 0.480 e. The predicted molar refractivity (Wildman–Crippen MR) is 74.8 cm³/mol. The van der Waals surface area contributed by atoms with Crippen molar-refractivity contribution in [1.82, 2.24) is 4.31 Å². The van der Waals surface area contributed by atoms with Crippen LogP contribution in [0.25, 0.3) is 0 Å². The second-order valence-electron chi connectivity index (χ2n) is 4.97. The van der Waals surface area contributed by atoms with E-state index in [1.54, 1.807) is 0 Å². The Morgan fingerprint density at radius 3 is 2.29 bits per heavy atom. The Morgan fingerprint density at radius 2 is 1.92 bits per heavy atom. The number of carboxylic acids is 1. The summed E-state index contributed by atoms with van der Waals surface area (Å²) < 4.78 is 64.7. The van der Waals surface area contributed by atoms with E-state index < -0.39 is 55.8 Å². The number of rotatable bonds is 6. The van der Waals surface area contributed by atoms with Gasteiger partial charge in [-0.2, -0.15) is 17.5 Å². The van der Waals surface area contributed by atoms with Crippen LogP contribution in [-0.2, 0) is 21.0 Å². The van der Waals surface area contributed by atoms with Crippen molar-refractivity contribution in [3.05, 3.63) is 33.9 Å². The van der Waals surface area contributed by atoms with E-state index >= 15 is 0 Å². The van der Waals surface area contributed by atoms with Crippen LogP contribution in [0.2, 0.25) is 0 Å². The van der Waals surface area contributed by atoms with E-state index in [0.717, 1.165) is 0 Å². The summed E-state index contributed by atoms with van der Waals surface area (Å²) in [6.45, 7) is 1.53. The first-order valence-electron chi connectivity index (χ1n) is 6.37. The second-order valence-corrected chi connectivity index (χ2v) is 6.83. The zero-order chi connectivity index (χ0) is 18.9. The number of nitrogens with zero attached hydrogens (tertiary/aromatic N) is 2. The van der Waals surface area contributed by atoms with Gasteiger partial charge in [-0.05, 0) is 19.9 Å². The van der Waals surface area contributed by atoms with E-state index in [1.807, 2.05) is 0 Å². The van der Waals surface area contributed by atoms with Crippen LogP contribution in [0.5, 0.6) is 0 Å². The highest BCUT2D eigenvalue weighted by atomic mass is 32.2. The van der Waals surface area contributed by atoms with Gasteiger partial charge < -0.3 is 5.11 Å². The van der Waals surface area contributed by atoms with Gasteiger partial charge in [0, 0.05) is 18.2 Å². The maximum absolute atomic E-state index is 13.1. The molecule has 0 spiro atoms. The molecule has 0 unspecified atom stereocenters. The quantitative estimate of drug-likeness (QED) is 0.605. The maximum Gasteiger partial charge on any atom is 0.417 e. The van der Waals surface area contributed by atoms with Gasteiger partial charge in [0.15, 0.2) is 0 Å². The lowest BCUT2D eigenvalue weighted by Gasteiger charge is -2.25. The summed E-state index contributed by atoms with van der Waals surface area (Å²) in [4.78, 5) is 19.1. The van der Waals surface area contributed by atoms with E-state index in [2.05, 4.69) is 0 Å². The van der Waals surface area contributed by atoms with Crippen LogP contribution in [0.3, 0.4) is 0 Å². The van der Waals surface area contributed by atoms with E-state index in [4.69, 9.17) is 5.11 Å². The number of benzene rings is 1. The molecular formula is C12H13F3N2O6S. The maximum atomic E-state index is 13.1. The molecule has 24 heavy (non-hydrogen) atoms. The Labute approximate surface area is 134 Å². The monoisotopic (exact) mass is 370 g/mol. The number of halogens is 3. The van der Waals surface area contributed by atoms with Crippen LogP contribution >= 0.6 is 0 Å². The number of sulfonamides is 1. The van der Waals surface area contributed by atoms with E-state index in [9.17, 15) is 36.5 Å². The van der Waals surface area contributed by atoms with Crippen LogP contribution in [-0.4, -0.2) is 41.3 Å². The molecule has 0 atom stereocenters. The number of alkyl halides is 3. The Morgan fingerprint density at radius 1 is 1.38 bits per heavy atom. The fourth-order valence-corrected chi connectivity index (χ4v) is 3.66. The molecule has 0 aliphatic heterocycles. The highest BCUT2D eigenvalue weighted by Crippen LogP contribution is 2.37. The standard InChI is InChI=1S/C12H13F3N2O6S/c1-7(2)16(6-11(18)19)24(22,23)10-4-3-8(17(20)21)5-9(10)12(13,14)15/h3-5,7H,6H2,1-2H3,(H,18,19). The highest BCUT2D eigenvalue weighted by Gasteiger charge is 2.41. The molecule has 0 aliphatic rings. The third-order valence-electron chi connectivity index (χ3n) is 2.93. The van der Waals surface area contributed by atoms with Crippen molar-refractivity contribution in [3.8, 4) is 0 Å². The van der Waals surface area contributed by atoms with Gasteiger partial charge in [-0.3, -0.25) is 14.9 Å². The normalized spacial score (nSPS) is 12.6. The summed E-state index contributed by atoms with van der Waals surface area (Å²) in [5.74, 6) is -1.55. The zero-order valence-corrected chi connectivity index (χ0v) is 13.3. The minimum Gasteiger partial charge on any atom is -0.480 e. The van der Waals surface area contributed by atoms with Crippen LogP contribution in [0.1, 0.15) is 19.4 Å². The van der Waals surface area contributed by atoms with Crippen molar-refractivity contribution >= 4 is 21.7 Å². The van der Waals surface area contributed by atoms with E-state index in [0.29, 0.717) is 16.4 Å². The van der Waals surface area contributed by atoms with Crippen LogP contribution in [0, 0.1) is 10.1 Å². The molecule has 12 heteroatoms. The zero-order valence-electron chi connectivity index (χ0n) is 12.4. The lowest BCUT2D eigenvalue weighted by molar-refractivity contribution is -0.385. The molecule has 1 aromatic rings. The fraction of sp³-hybridized carbons (Fsp3) is 0.417. The van der Waals surface area contributed by atoms with E-state index in [-0.39, 0.29) is 6.07 Å². The van der Waals surface area contributed by atoms with Gasteiger partial charge in [-0.25, -0.2) is 8.42 Å². The average Bonchev–Trinajstić information content (AvgIpc) is 2.42. The number of hydrogen-bond donors (Lipinski definition) is 1. The van der Waals surface area contributed by atoms with Crippen molar-refractivity contribution in [3.63, 3.8) is 0 Å². The molecule has 1 N–H and O–H groups in total. The lowest BCUT2D eigenvalue weighted by Crippen LogP contribution is -2.41. The van der Waals surface area contributed by atoms with Crippen LogP contribution in [0.4, 0.5) is 18.9 Å². The number of aliphatic carboxylic acids is 1. The summed E-state index contributed by atoms with van der Waals surface area (Å²) in [5.41, 5.74) is -2.66. The first-order valence-corrected chi connectivity index (χ1v) is 7.81. The minimum atomic E-state index is -5.18. The van der Waals surface area contributed by atoms with Crippen molar-refractivity contribution in [2.24, 2.45) is 0 Å². The molecule has 0 heterocycles. The molecule has 0 radical (unpaired) electrons. The number of nitro groups is 1. The van der Waals surface area contributed by atoms with Crippen molar-refractivity contribution in [1.29, 1.82) is 0 Å². The smallest absolute Gasteiger partial charge is 0.417 e. The SMILES string of the molecule is CC(C)N(CC(=O)O)S(=O)(=O)c1ccc([N+](=O)[O-])cc1C(F)(F)F. The third-order valence-corrected chi connectivity index (χ3v) is 5.01. The Kier molecular flexibility index (Phi) is 5.56. The Balaban J connectivity index is 3.63. The van der Waals surface area contributed by atoms with Gasteiger partial charge in [-0.1, -0.05) is 0 Å². The Bertz CT molecular complexity index is 761. The molecule has 1 rings (SSSR count). The Hall–Kier alpha value is -2.21. The number of carboxylic acid groups (broad SMARTS) is 1. The summed E-state index contributed by atoms with van der Waals surface area (Å²) >= 11 is 0. The van der Waals surface area contributed by atoms with Gasteiger partial charge in [0.25, 0.3) is 5.69 Å². The first kappa shape index (κ1) is 19.8. The highest BCUT2D eigenvalue weighted by molar-refractivity contribution is 7.89. The van der Waals surface area contributed by atoms with Crippen molar-refractivity contribution in [2.45, 2.75) is 31.0 Å². The van der Waals surface area contributed by atoms with Gasteiger partial charge in [0.1, 0.15) is 6.54 Å². The van der Waals surface area contributed by atoms with Gasteiger partial charge >= 0.3 is 12.1 Å². The molecule has 0 fully saturated rings. The predicted octanol–water partition coefficient (Wildman–Crippen LogP) is 2.10. The molecule has 0 aliphatic carbocycles. The van der Waals surface area contributed by atoms with Crippen LogP contribution in [0.15, 0.2) is 23.1 Å². The number of nitro benzene ring substituents is 1. The summed E-state index contributed by atoms with van der Waals surface area (Å²) in [7, 11) is -4.84. The first-order chi connectivity index (χ1) is 10.8. The summed E-state index contributed by atoms with van der Waals surface area (Å²) in [6.07, 6.45) is -5.18. The molecule has 1 aromatic carbocycles. The van der Waals surface area contributed by atoms with Gasteiger partial charge in [0.05, 0.1) is 15.4 Å². The topological polar surface area (TPSA) is 118 Å². The van der Waals surface area contributed by atoms with Crippen LogP contribution < -0.4 is 0 Å².